The lowest BCUT2D eigenvalue weighted by molar-refractivity contribution is -0.115. The van der Waals surface area contributed by atoms with Crippen molar-refractivity contribution < 1.29 is 4.79 Å². The topological polar surface area (TPSA) is 58.4 Å². The molecule has 1 aromatic carbocycles. The molecule has 0 bridgehead atoms. The van der Waals surface area contributed by atoms with E-state index in [0.717, 1.165) is 30.9 Å². The average Bonchev–Trinajstić information content (AvgIpc) is 2.49. The fourth-order valence-electron chi connectivity index (χ4n) is 2.24. The van der Waals surface area contributed by atoms with Crippen molar-refractivity contribution in [1.82, 2.24) is 0 Å². The molecule has 0 spiro atoms. The van der Waals surface area contributed by atoms with Crippen LogP contribution in [0.4, 0.5) is 11.4 Å². The number of benzene rings is 1. The number of para-hydroxylation sites is 1. The minimum absolute atomic E-state index is 0.0895. The van der Waals surface area contributed by atoms with E-state index in [4.69, 9.17) is 5.73 Å². The summed E-state index contributed by atoms with van der Waals surface area (Å²) in [6.07, 6.45) is 1.44. The third-order valence-corrected chi connectivity index (χ3v) is 3.12. The molecule has 0 saturated carbocycles. The minimum Gasteiger partial charge on any atom is -0.368 e. The number of rotatable bonds is 3. The maximum Gasteiger partial charge on any atom is 0.226 e. The molecule has 1 aliphatic heterocycles. The van der Waals surface area contributed by atoms with Gasteiger partial charge in [0.1, 0.15) is 0 Å². The van der Waals surface area contributed by atoms with Gasteiger partial charge in [0, 0.05) is 26.1 Å². The second kappa shape index (κ2) is 5.19. The standard InChI is InChI=1S/C13H19N3O/c1-2-10-4-3-5-11-13(10)15-12(17)6-8-16(11)9-7-14/h3-5H,2,6-9,14H2,1H3,(H,15,17). The molecule has 92 valence electrons. The van der Waals surface area contributed by atoms with E-state index >= 15 is 0 Å². The zero-order chi connectivity index (χ0) is 12.3. The van der Waals surface area contributed by atoms with Crippen LogP contribution in [0.1, 0.15) is 18.9 Å². The molecule has 17 heavy (non-hydrogen) atoms. The summed E-state index contributed by atoms with van der Waals surface area (Å²) >= 11 is 0. The third kappa shape index (κ3) is 2.42. The van der Waals surface area contributed by atoms with Gasteiger partial charge >= 0.3 is 0 Å². The summed E-state index contributed by atoms with van der Waals surface area (Å²) in [6.45, 7) is 4.22. The minimum atomic E-state index is 0.0895. The lowest BCUT2D eigenvalue weighted by Crippen LogP contribution is -2.30. The summed E-state index contributed by atoms with van der Waals surface area (Å²) in [5, 5.41) is 3.01. The van der Waals surface area contributed by atoms with Crippen LogP contribution in [0.5, 0.6) is 0 Å². The number of hydrogen-bond acceptors (Lipinski definition) is 3. The van der Waals surface area contributed by atoms with Crippen LogP contribution in [0.3, 0.4) is 0 Å². The Kier molecular flexibility index (Phi) is 3.64. The number of fused-ring (bicyclic) bond motifs is 1. The van der Waals surface area contributed by atoms with Crippen LogP contribution in [0, 0.1) is 0 Å². The highest BCUT2D eigenvalue weighted by atomic mass is 16.1. The molecule has 1 amide bonds. The molecule has 4 heteroatoms. The van der Waals surface area contributed by atoms with E-state index in [0.29, 0.717) is 13.0 Å². The molecule has 0 radical (unpaired) electrons. The number of hydrogen-bond donors (Lipinski definition) is 2. The third-order valence-electron chi connectivity index (χ3n) is 3.12. The smallest absolute Gasteiger partial charge is 0.226 e. The van der Waals surface area contributed by atoms with Gasteiger partial charge in [-0.2, -0.15) is 0 Å². The van der Waals surface area contributed by atoms with Crippen LogP contribution in [-0.2, 0) is 11.2 Å². The van der Waals surface area contributed by atoms with E-state index in [2.05, 4.69) is 29.3 Å². The van der Waals surface area contributed by atoms with Gasteiger partial charge in [-0.05, 0) is 18.1 Å². The Morgan fingerprint density at radius 2 is 2.29 bits per heavy atom. The molecule has 0 saturated heterocycles. The number of anilines is 2. The predicted molar refractivity (Wildman–Crippen MR) is 70.3 cm³/mol. The van der Waals surface area contributed by atoms with E-state index in [1.165, 1.54) is 5.56 Å². The fraction of sp³-hybridized carbons (Fsp3) is 0.462. The summed E-state index contributed by atoms with van der Waals surface area (Å²) in [7, 11) is 0. The van der Waals surface area contributed by atoms with Gasteiger partial charge in [-0.1, -0.05) is 19.1 Å². The van der Waals surface area contributed by atoms with E-state index < -0.39 is 0 Å². The molecule has 1 heterocycles. The molecule has 2 rings (SSSR count). The quantitative estimate of drug-likeness (QED) is 0.828. The van der Waals surface area contributed by atoms with Crippen LogP contribution >= 0.6 is 0 Å². The van der Waals surface area contributed by atoms with Gasteiger partial charge in [0.2, 0.25) is 5.91 Å². The van der Waals surface area contributed by atoms with Crippen LogP contribution in [-0.4, -0.2) is 25.5 Å². The van der Waals surface area contributed by atoms with Crippen molar-refractivity contribution in [3.63, 3.8) is 0 Å². The molecular weight excluding hydrogens is 214 g/mol. The highest BCUT2D eigenvalue weighted by molar-refractivity contribution is 5.97. The monoisotopic (exact) mass is 233 g/mol. The molecule has 4 nitrogen and oxygen atoms in total. The van der Waals surface area contributed by atoms with Gasteiger partial charge in [0.15, 0.2) is 0 Å². The Balaban J connectivity index is 2.44. The average molecular weight is 233 g/mol. The Bertz CT molecular complexity index is 417. The summed E-state index contributed by atoms with van der Waals surface area (Å²) < 4.78 is 0. The summed E-state index contributed by atoms with van der Waals surface area (Å²) in [5.74, 6) is 0.0895. The van der Waals surface area contributed by atoms with E-state index in [1.807, 2.05) is 6.07 Å². The first kappa shape index (κ1) is 11.9. The fourth-order valence-corrected chi connectivity index (χ4v) is 2.24. The largest absolute Gasteiger partial charge is 0.368 e. The van der Waals surface area contributed by atoms with Crippen LogP contribution in [0.2, 0.25) is 0 Å². The molecule has 0 fully saturated rings. The first-order valence-electron chi connectivity index (χ1n) is 6.13. The number of nitrogens with two attached hydrogens (primary N) is 1. The molecule has 0 aliphatic carbocycles. The lowest BCUT2D eigenvalue weighted by Gasteiger charge is -2.24. The van der Waals surface area contributed by atoms with E-state index in [1.54, 1.807) is 0 Å². The number of aryl methyl sites for hydroxylation is 1. The van der Waals surface area contributed by atoms with Crippen molar-refractivity contribution in [2.24, 2.45) is 5.73 Å². The van der Waals surface area contributed by atoms with Crippen molar-refractivity contribution >= 4 is 17.3 Å². The molecule has 0 unspecified atom stereocenters. The summed E-state index contributed by atoms with van der Waals surface area (Å²) in [5.41, 5.74) is 8.87. The zero-order valence-corrected chi connectivity index (χ0v) is 10.2. The van der Waals surface area contributed by atoms with Gasteiger partial charge in [-0.25, -0.2) is 0 Å². The molecule has 0 aromatic heterocycles. The van der Waals surface area contributed by atoms with Gasteiger partial charge in [0.25, 0.3) is 0 Å². The summed E-state index contributed by atoms with van der Waals surface area (Å²) in [4.78, 5) is 13.9. The maximum absolute atomic E-state index is 11.7. The van der Waals surface area contributed by atoms with Crippen molar-refractivity contribution in [3.8, 4) is 0 Å². The summed E-state index contributed by atoms with van der Waals surface area (Å²) in [6, 6.07) is 6.15. The highest BCUT2D eigenvalue weighted by Crippen LogP contribution is 2.32. The van der Waals surface area contributed by atoms with Crippen molar-refractivity contribution in [2.75, 3.05) is 29.9 Å². The van der Waals surface area contributed by atoms with Gasteiger partial charge in [-0.3, -0.25) is 4.79 Å². The van der Waals surface area contributed by atoms with Crippen LogP contribution in [0.25, 0.3) is 0 Å². The van der Waals surface area contributed by atoms with Crippen molar-refractivity contribution in [2.45, 2.75) is 19.8 Å². The Hall–Kier alpha value is -1.55. The first-order valence-corrected chi connectivity index (χ1v) is 6.13. The Morgan fingerprint density at radius 3 is 3.00 bits per heavy atom. The number of carbonyl (C=O) groups excluding carboxylic acids is 1. The SMILES string of the molecule is CCc1cccc2c1NC(=O)CCN2CCN. The van der Waals surface area contributed by atoms with Gasteiger partial charge in [-0.15, -0.1) is 0 Å². The van der Waals surface area contributed by atoms with Gasteiger partial charge in [0.05, 0.1) is 11.4 Å². The Morgan fingerprint density at radius 1 is 1.47 bits per heavy atom. The predicted octanol–water partition coefficient (Wildman–Crippen LogP) is 1.36. The maximum atomic E-state index is 11.7. The lowest BCUT2D eigenvalue weighted by atomic mass is 10.1. The second-order valence-corrected chi connectivity index (χ2v) is 4.24. The molecule has 0 atom stereocenters. The van der Waals surface area contributed by atoms with Crippen LogP contribution in [0.15, 0.2) is 18.2 Å². The number of carbonyl (C=O) groups is 1. The highest BCUT2D eigenvalue weighted by Gasteiger charge is 2.20. The van der Waals surface area contributed by atoms with Gasteiger partial charge < -0.3 is 16.0 Å². The van der Waals surface area contributed by atoms with Crippen molar-refractivity contribution in [1.29, 1.82) is 0 Å². The second-order valence-electron chi connectivity index (χ2n) is 4.24. The van der Waals surface area contributed by atoms with E-state index in [-0.39, 0.29) is 5.91 Å². The number of nitrogens with zero attached hydrogens (tertiary/aromatic N) is 1. The molecule has 3 N–H and O–H groups in total. The molecule has 1 aromatic rings. The normalized spacial score (nSPS) is 15.2. The Labute approximate surface area is 102 Å². The molecular formula is C13H19N3O. The molecule has 1 aliphatic rings. The first-order chi connectivity index (χ1) is 8.26. The number of amides is 1. The van der Waals surface area contributed by atoms with Crippen molar-refractivity contribution in [3.05, 3.63) is 23.8 Å². The van der Waals surface area contributed by atoms with E-state index in [9.17, 15) is 4.79 Å². The van der Waals surface area contributed by atoms with Crippen LogP contribution < -0.4 is 16.0 Å². The zero-order valence-electron chi connectivity index (χ0n) is 10.2. The number of nitrogens with one attached hydrogen (secondary N) is 1.